The minimum Gasteiger partial charge on any atom is -0.478 e. The zero-order chi connectivity index (χ0) is 13.8. The molecule has 2 rings (SSSR count). The van der Waals surface area contributed by atoms with Crippen LogP contribution in [0, 0.1) is 11.3 Å². The van der Waals surface area contributed by atoms with E-state index in [-0.39, 0.29) is 5.56 Å². The van der Waals surface area contributed by atoms with Crippen molar-refractivity contribution < 1.29 is 9.90 Å². The number of para-hydroxylation sites is 1. The number of nitriles is 1. The lowest BCUT2D eigenvalue weighted by Gasteiger charge is -2.10. The number of carbonyl (C=O) groups is 1. The van der Waals surface area contributed by atoms with E-state index in [1.54, 1.807) is 24.3 Å². The molecule has 0 aromatic heterocycles. The van der Waals surface area contributed by atoms with E-state index >= 15 is 0 Å². The van der Waals surface area contributed by atoms with Gasteiger partial charge in [-0.15, -0.1) is 0 Å². The van der Waals surface area contributed by atoms with E-state index < -0.39 is 5.97 Å². The summed E-state index contributed by atoms with van der Waals surface area (Å²) in [5.74, 6) is -0.982. The summed E-state index contributed by atoms with van der Waals surface area (Å²) in [6, 6.07) is 13.9. The largest absolute Gasteiger partial charge is 0.478 e. The maximum absolute atomic E-state index is 10.8. The molecule has 0 heterocycles. The molecule has 2 aromatic rings. The fourth-order valence-electron chi connectivity index (χ4n) is 1.58. The fourth-order valence-corrected chi connectivity index (χ4v) is 2.06. The van der Waals surface area contributed by atoms with Crippen LogP contribution in [0.5, 0.6) is 0 Å². The van der Waals surface area contributed by atoms with Gasteiger partial charge in [0.2, 0.25) is 0 Å². The molecule has 0 spiro atoms. The van der Waals surface area contributed by atoms with Gasteiger partial charge < -0.3 is 10.4 Å². The third-order valence-corrected chi connectivity index (χ3v) is 3.19. The van der Waals surface area contributed by atoms with E-state index in [1.165, 1.54) is 12.1 Å². The summed E-state index contributed by atoms with van der Waals surface area (Å²) < 4.78 is 0.625. The Morgan fingerprint density at radius 1 is 1.21 bits per heavy atom. The Morgan fingerprint density at radius 3 is 2.58 bits per heavy atom. The van der Waals surface area contributed by atoms with Gasteiger partial charge in [0.25, 0.3) is 0 Å². The van der Waals surface area contributed by atoms with Gasteiger partial charge in [-0.05, 0) is 46.3 Å². The van der Waals surface area contributed by atoms with Crippen LogP contribution in [-0.2, 0) is 0 Å². The maximum Gasteiger partial charge on any atom is 0.335 e. The van der Waals surface area contributed by atoms with Crippen molar-refractivity contribution >= 4 is 33.3 Å². The third kappa shape index (κ3) is 2.92. The average Bonchev–Trinajstić information content (AvgIpc) is 2.41. The zero-order valence-corrected chi connectivity index (χ0v) is 11.3. The van der Waals surface area contributed by atoms with Crippen molar-refractivity contribution in [3.63, 3.8) is 0 Å². The predicted octanol–water partition coefficient (Wildman–Crippen LogP) is 3.76. The Kier molecular flexibility index (Phi) is 3.83. The second-order valence-corrected chi connectivity index (χ2v) is 4.64. The number of carboxylic acids is 1. The van der Waals surface area contributed by atoms with Crippen LogP contribution in [0.2, 0.25) is 0 Å². The smallest absolute Gasteiger partial charge is 0.335 e. The molecular weight excluding hydrogens is 308 g/mol. The number of carboxylic acid groups (broad SMARTS) is 1. The molecule has 0 unspecified atom stereocenters. The molecule has 0 fully saturated rings. The van der Waals surface area contributed by atoms with Crippen LogP contribution >= 0.6 is 15.9 Å². The Hall–Kier alpha value is -2.32. The van der Waals surface area contributed by atoms with E-state index in [1.807, 2.05) is 6.07 Å². The van der Waals surface area contributed by atoms with E-state index in [4.69, 9.17) is 10.4 Å². The number of anilines is 2. The van der Waals surface area contributed by atoms with Crippen LogP contribution in [0.1, 0.15) is 15.9 Å². The Morgan fingerprint density at radius 2 is 1.95 bits per heavy atom. The van der Waals surface area contributed by atoms with Gasteiger partial charge in [0.1, 0.15) is 6.07 Å². The predicted molar refractivity (Wildman–Crippen MR) is 75.5 cm³/mol. The molecule has 0 radical (unpaired) electrons. The second-order valence-electron chi connectivity index (χ2n) is 3.78. The molecule has 0 aliphatic rings. The Labute approximate surface area is 118 Å². The first-order valence-electron chi connectivity index (χ1n) is 5.41. The summed E-state index contributed by atoms with van der Waals surface area (Å²) >= 11 is 3.31. The van der Waals surface area contributed by atoms with Gasteiger partial charge in [-0.2, -0.15) is 5.26 Å². The molecule has 0 saturated heterocycles. The van der Waals surface area contributed by atoms with Gasteiger partial charge in [-0.3, -0.25) is 0 Å². The minimum atomic E-state index is -0.982. The molecule has 4 nitrogen and oxygen atoms in total. The van der Waals surface area contributed by atoms with E-state index in [2.05, 4.69) is 27.3 Å². The van der Waals surface area contributed by atoms with Crippen LogP contribution in [0.25, 0.3) is 0 Å². The normalized spacial score (nSPS) is 9.68. The molecule has 0 atom stereocenters. The highest BCUT2D eigenvalue weighted by molar-refractivity contribution is 9.10. The molecule has 94 valence electrons. The van der Waals surface area contributed by atoms with Gasteiger partial charge in [0.15, 0.2) is 0 Å². The lowest BCUT2D eigenvalue weighted by Crippen LogP contribution is -1.98. The van der Waals surface area contributed by atoms with Crippen molar-refractivity contribution in [3.05, 3.63) is 58.1 Å². The number of halogens is 1. The highest BCUT2D eigenvalue weighted by Gasteiger charge is 2.08. The number of rotatable bonds is 3. The third-order valence-electron chi connectivity index (χ3n) is 2.53. The van der Waals surface area contributed by atoms with E-state index in [9.17, 15) is 4.79 Å². The number of hydrogen-bond acceptors (Lipinski definition) is 3. The fraction of sp³-hybridized carbons (Fsp3) is 0. The lowest BCUT2D eigenvalue weighted by atomic mass is 10.1. The Bertz CT molecular complexity index is 677. The molecule has 0 amide bonds. The maximum atomic E-state index is 10.8. The SMILES string of the molecule is N#Cc1ccccc1Nc1ccc(C(=O)O)cc1Br. The van der Waals surface area contributed by atoms with E-state index in [0.717, 1.165) is 0 Å². The quantitative estimate of drug-likeness (QED) is 0.904. The highest BCUT2D eigenvalue weighted by atomic mass is 79.9. The molecule has 2 N–H and O–H groups in total. The minimum absolute atomic E-state index is 0.200. The van der Waals surface area contributed by atoms with Crippen LogP contribution in [0.15, 0.2) is 46.9 Å². The van der Waals surface area contributed by atoms with Crippen molar-refractivity contribution in [1.82, 2.24) is 0 Å². The number of nitrogens with one attached hydrogen (secondary N) is 1. The first-order chi connectivity index (χ1) is 9.11. The lowest BCUT2D eigenvalue weighted by molar-refractivity contribution is 0.0697. The molecule has 0 bridgehead atoms. The monoisotopic (exact) mass is 316 g/mol. The van der Waals surface area contributed by atoms with Crippen LogP contribution in [0.3, 0.4) is 0 Å². The molecular formula is C14H9BrN2O2. The topological polar surface area (TPSA) is 73.1 Å². The molecule has 2 aromatic carbocycles. The van der Waals surface area contributed by atoms with Crippen LogP contribution in [0.4, 0.5) is 11.4 Å². The van der Waals surface area contributed by atoms with Crippen LogP contribution in [-0.4, -0.2) is 11.1 Å². The Balaban J connectivity index is 2.34. The van der Waals surface area contributed by atoms with Crippen molar-refractivity contribution in [2.24, 2.45) is 0 Å². The van der Waals surface area contributed by atoms with Crippen molar-refractivity contribution in [2.45, 2.75) is 0 Å². The summed E-state index contributed by atoms with van der Waals surface area (Å²) in [5.41, 5.74) is 2.10. The van der Waals surface area contributed by atoms with E-state index in [0.29, 0.717) is 21.4 Å². The van der Waals surface area contributed by atoms with Gasteiger partial charge in [-0.25, -0.2) is 4.79 Å². The first kappa shape index (κ1) is 13.1. The summed E-state index contributed by atoms with van der Waals surface area (Å²) in [6.07, 6.45) is 0. The molecule has 5 heteroatoms. The van der Waals surface area contributed by atoms with Crippen molar-refractivity contribution in [3.8, 4) is 6.07 Å². The summed E-state index contributed by atoms with van der Waals surface area (Å²) in [7, 11) is 0. The molecule has 19 heavy (non-hydrogen) atoms. The summed E-state index contributed by atoms with van der Waals surface area (Å²) in [6.45, 7) is 0. The highest BCUT2D eigenvalue weighted by Crippen LogP contribution is 2.28. The molecule has 0 saturated carbocycles. The molecule has 0 aliphatic heterocycles. The van der Waals surface area contributed by atoms with Crippen molar-refractivity contribution in [1.29, 1.82) is 5.26 Å². The van der Waals surface area contributed by atoms with Gasteiger partial charge in [-0.1, -0.05) is 12.1 Å². The average molecular weight is 317 g/mol. The number of nitrogens with zero attached hydrogens (tertiary/aromatic N) is 1. The molecule has 0 aliphatic carbocycles. The van der Waals surface area contributed by atoms with Gasteiger partial charge in [0, 0.05) is 4.47 Å². The zero-order valence-electron chi connectivity index (χ0n) is 9.72. The summed E-state index contributed by atoms with van der Waals surface area (Å²) in [4.78, 5) is 10.8. The van der Waals surface area contributed by atoms with Gasteiger partial charge in [0.05, 0.1) is 22.5 Å². The second kappa shape index (κ2) is 5.55. The van der Waals surface area contributed by atoms with Gasteiger partial charge >= 0.3 is 5.97 Å². The number of hydrogen-bond donors (Lipinski definition) is 2. The first-order valence-corrected chi connectivity index (χ1v) is 6.20. The number of aromatic carboxylic acids is 1. The number of benzene rings is 2. The summed E-state index contributed by atoms with van der Waals surface area (Å²) in [5, 5.41) is 21.0. The van der Waals surface area contributed by atoms with Crippen LogP contribution < -0.4 is 5.32 Å². The van der Waals surface area contributed by atoms with Crippen molar-refractivity contribution in [2.75, 3.05) is 5.32 Å². The standard InChI is InChI=1S/C14H9BrN2O2/c15-11-7-9(14(18)19)5-6-13(11)17-12-4-2-1-3-10(12)8-16/h1-7,17H,(H,18,19).